The van der Waals surface area contributed by atoms with Crippen molar-refractivity contribution in [2.24, 2.45) is 5.92 Å². The Morgan fingerprint density at radius 1 is 1.50 bits per heavy atom. The van der Waals surface area contributed by atoms with Gasteiger partial charge in [-0.15, -0.1) is 0 Å². The van der Waals surface area contributed by atoms with Crippen LogP contribution in [0.15, 0.2) is 0 Å². The van der Waals surface area contributed by atoms with Gasteiger partial charge in [0.05, 0.1) is 6.61 Å². The number of ether oxygens (including phenoxy) is 1. The maximum Gasteiger partial charge on any atom is 0.352 e. The molecular weight excluding hydrogens is 256 g/mol. The highest BCUT2D eigenvalue weighted by molar-refractivity contribution is 7.17. The Kier molecular flexibility index (Phi) is 4.90. The lowest BCUT2D eigenvalue weighted by molar-refractivity contribution is -0.123. The fourth-order valence-corrected chi connectivity index (χ4v) is 1.70. The number of nitrogens with two attached hydrogens (primary N) is 1. The Labute approximate surface area is 109 Å². The van der Waals surface area contributed by atoms with E-state index in [4.69, 9.17) is 10.5 Å². The van der Waals surface area contributed by atoms with Crippen LogP contribution in [0.4, 0.5) is 10.9 Å². The molecule has 0 radical (unpaired) electrons. The van der Waals surface area contributed by atoms with Crippen LogP contribution >= 0.6 is 11.3 Å². The predicted octanol–water partition coefficient (Wildman–Crippen LogP) is 1.00. The van der Waals surface area contributed by atoms with Gasteiger partial charge in [-0.25, -0.2) is 9.78 Å². The van der Waals surface area contributed by atoms with Gasteiger partial charge < -0.3 is 10.5 Å². The minimum atomic E-state index is -0.520. The molecular formula is C10H16N4O3S. The van der Waals surface area contributed by atoms with Gasteiger partial charge in [0.1, 0.15) is 0 Å². The van der Waals surface area contributed by atoms with Crippen molar-refractivity contribution in [3.63, 3.8) is 0 Å². The molecule has 0 aliphatic heterocycles. The summed E-state index contributed by atoms with van der Waals surface area (Å²) in [5.74, 6) is -0.714. The molecule has 4 N–H and O–H groups in total. The van der Waals surface area contributed by atoms with Gasteiger partial charge in [0, 0.05) is 5.92 Å². The molecule has 1 heterocycles. The number of nitrogens with zero attached hydrogens (tertiary/aromatic N) is 1. The molecule has 18 heavy (non-hydrogen) atoms. The number of nitrogens with one attached hydrogen (secondary N) is 2. The Hall–Kier alpha value is -1.83. The normalized spacial score (nSPS) is 10.2. The van der Waals surface area contributed by atoms with Gasteiger partial charge in [-0.1, -0.05) is 25.2 Å². The van der Waals surface area contributed by atoms with Gasteiger partial charge in [-0.3, -0.25) is 15.6 Å². The molecule has 0 spiro atoms. The van der Waals surface area contributed by atoms with E-state index < -0.39 is 5.97 Å². The highest BCUT2D eigenvalue weighted by Gasteiger charge is 2.19. The third kappa shape index (κ3) is 3.59. The van der Waals surface area contributed by atoms with Crippen molar-refractivity contribution >= 4 is 34.2 Å². The second kappa shape index (κ2) is 6.20. The van der Waals surface area contributed by atoms with Crippen LogP contribution < -0.4 is 16.6 Å². The monoisotopic (exact) mass is 272 g/mol. The fraction of sp³-hybridized carbons (Fsp3) is 0.500. The quantitative estimate of drug-likeness (QED) is 0.545. The lowest BCUT2D eigenvalue weighted by atomic mass is 10.2. The molecule has 1 aromatic rings. The van der Waals surface area contributed by atoms with E-state index in [-0.39, 0.29) is 34.3 Å². The number of carbonyl (C=O) groups is 2. The van der Waals surface area contributed by atoms with Crippen molar-refractivity contribution in [2.45, 2.75) is 20.8 Å². The van der Waals surface area contributed by atoms with Crippen LogP contribution in [-0.4, -0.2) is 23.5 Å². The number of anilines is 2. The lowest BCUT2D eigenvalue weighted by Crippen LogP contribution is -2.33. The van der Waals surface area contributed by atoms with E-state index in [1.807, 2.05) is 0 Å². The number of hydrogen-bond acceptors (Lipinski definition) is 7. The maximum absolute atomic E-state index is 11.6. The fourth-order valence-electron chi connectivity index (χ4n) is 1.02. The van der Waals surface area contributed by atoms with Crippen LogP contribution in [0.25, 0.3) is 0 Å². The van der Waals surface area contributed by atoms with Crippen LogP contribution in [0.1, 0.15) is 30.4 Å². The second-order valence-corrected chi connectivity index (χ2v) is 4.75. The number of rotatable bonds is 5. The minimum Gasteiger partial charge on any atom is -0.462 e. The molecule has 0 atom stereocenters. The Bertz CT molecular complexity index is 444. The number of amides is 1. The summed E-state index contributed by atoms with van der Waals surface area (Å²) in [5, 5.41) is 0.222. The molecule has 0 aliphatic carbocycles. The molecule has 0 aromatic carbocycles. The van der Waals surface area contributed by atoms with Crippen molar-refractivity contribution in [1.82, 2.24) is 10.4 Å². The van der Waals surface area contributed by atoms with E-state index in [0.29, 0.717) is 0 Å². The maximum atomic E-state index is 11.6. The molecule has 0 unspecified atom stereocenters. The summed E-state index contributed by atoms with van der Waals surface area (Å²) in [4.78, 5) is 27.1. The number of hydrogen-bond donors (Lipinski definition) is 3. The number of thiazole rings is 1. The van der Waals surface area contributed by atoms with Crippen LogP contribution in [0.5, 0.6) is 0 Å². The van der Waals surface area contributed by atoms with Crippen molar-refractivity contribution in [3.8, 4) is 0 Å². The molecule has 0 bridgehead atoms. The van der Waals surface area contributed by atoms with E-state index in [0.717, 1.165) is 11.3 Å². The zero-order valence-corrected chi connectivity index (χ0v) is 11.3. The molecule has 0 fully saturated rings. The highest BCUT2D eigenvalue weighted by Crippen LogP contribution is 2.25. The number of aromatic nitrogens is 1. The first kappa shape index (κ1) is 14.2. The van der Waals surface area contributed by atoms with E-state index in [1.54, 1.807) is 20.8 Å². The summed E-state index contributed by atoms with van der Waals surface area (Å²) in [6.07, 6.45) is 0. The first-order valence-corrected chi connectivity index (χ1v) is 6.26. The van der Waals surface area contributed by atoms with Crippen LogP contribution in [-0.2, 0) is 9.53 Å². The molecule has 8 heteroatoms. The summed E-state index contributed by atoms with van der Waals surface area (Å²) < 4.78 is 4.86. The van der Waals surface area contributed by atoms with Gasteiger partial charge in [0.15, 0.2) is 15.8 Å². The molecule has 0 saturated heterocycles. The highest BCUT2D eigenvalue weighted by atomic mass is 32.1. The second-order valence-electron chi connectivity index (χ2n) is 3.72. The lowest BCUT2D eigenvalue weighted by Gasteiger charge is -2.09. The number of nitrogen functional groups attached to an aromatic ring is 1. The van der Waals surface area contributed by atoms with Crippen molar-refractivity contribution in [1.29, 1.82) is 0 Å². The van der Waals surface area contributed by atoms with E-state index in [1.165, 1.54) is 0 Å². The zero-order valence-electron chi connectivity index (χ0n) is 10.4. The van der Waals surface area contributed by atoms with Crippen LogP contribution in [0.3, 0.4) is 0 Å². The Balaban J connectivity index is 2.76. The average molecular weight is 272 g/mol. The molecule has 1 aromatic heterocycles. The van der Waals surface area contributed by atoms with E-state index >= 15 is 0 Å². The molecule has 100 valence electrons. The van der Waals surface area contributed by atoms with Gasteiger partial charge >= 0.3 is 5.97 Å². The Morgan fingerprint density at radius 2 is 2.17 bits per heavy atom. The van der Waals surface area contributed by atoms with Crippen molar-refractivity contribution in [2.75, 3.05) is 17.8 Å². The van der Waals surface area contributed by atoms with Crippen molar-refractivity contribution < 1.29 is 14.3 Å². The minimum absolute atomic E-state index is 0.181. The first-order chi connectivity index (χ1) is 8.45. The summed E-state index contributed by atoms with van der Waals surface area (Å²) >= 11 is 1.00. The first-order valence-electron chi connectivity index (χ1n) is 5.45. The summed E-state index contributed by atoms with van der Waals surface area (Å²) in [6, 6.07) is 0. The molecule has 1 amide bonds. The summed E-state index contributed by atoms with van der Waals surface area (Å²) in [7, 11) is 0. The molecule has 0 aliphatic rings. The van der Waals surface area contributed by atoms with Gasteiger partial charge in [-0.2, -0.15) is 0 Å². The van der Waals surface area contributed by atoms with Crippen molar-refractivity contribution in [3.05, 3.63) is 4.88 Å². The third-order valence-electron chi connectivity index (χ3n) is 1.93. The summed E-state index contributed by atoms with van der Waals surface area (Å²) in [5.41, 5.74) is 10.5. The number of hydrazine groups is 1. The molecule has 1 rings (SSSR count). The molecule has 0 saturated carbocycles. The topological polar surface area (TPSA) is 106 Å². The van der Waals surface area contributed by atoms with Gasteiger partial charge in [0.2, 0.25) is 5.91 Å². The van der Waals surface area contributed by atoms with Gasteiger partial charge in [-0.05, 0) is 6.92 Å². The zero-order chi connectivity index (χ0) is 13.7. The Morgan fingerprint density at radius 3 is 2.72 bits per heavy atom. The number of esters is 1. The standard InChI is InChI=1S/C10H16N4O3S/c1-4-17-9(16)6-7(12-10(11)18-6)13-14-8(15)5(2)3/h5,13H,4H2,1-3H3,(H2,11,12)(H,14,15). The third-order valence-corrected chi connectivity index (χ3v) is 2.80. The summed E-state index contributed by atoms with van der Waals surface area (Å²) in [6.45, 7) is 5.46. The molecule has 7 nitrogen and oxygen atoms in total. The van der Waals surface area contributed by atoms with Crippen LogP contribution in [0, 0.1) is 5.92 Å². The number of carbonyl (C=O) groups excluding carboxylic acids is 2. The largest absolute Gasteiger partial charge is 0.462 e. The SMILES string of the molecule is CCOC(=O)c1sc(N)nc1NNC(=O)C(C)C. The van der Waals surface area contributed by atoms with Crippen LogP contribution in [0.2, 0.25) is 0 Å². The average Bonchev–Trinajstić information content (AvgIpc) is 2.67. The predicted molar refractivity (Wildman–Crippen MR) is 69.1 cm³/mol. The van der Waals surface area contributed by atoms with E-state index in [9.17, 15) is 9.59 Å². The smallest absolute Gasteiger partial charge is 0.352 e. The van der Waals surface area contributed by atoms with Gasteiger partial charge in [0.25, 0.3) is 0 Å². The van der Waals surface area contributed by atoms with E-state index in [2.05, 4.69) is 15.8 Å².